The van der Waals surface area contributed by atoms with Crippen LogP contribution in [0.25, 0.3) is 10.7 Å². The molecule has 2 rings (SSSR count). The predicted octanol–water partition coefficient (Wildman–Crippen LogP) is 2.22. The summed E-state index contributed by atoms with van der Waals surface area (Å²) >= 11 is 1.30. The molecule has 0 aliphatic heterocycles. The molecule has 0 saturated carbocycles. The second kappa shape index (κ2) is 4.50. The summed E-state index contributed by atoms with van der Waals surface area (Å²) in [6, 6.07) is 5.28. The number of carboxylic acids is 1. The van der Waals surface area contributed by atoms with Gasteiger partial charge in [0.05, 0.1) is 7.11 Å². The van der Waals surface area contributed by atoms with Crippen molar-refractivity contribution >= 4 is 17.3 Å². The Hall–Kier alpha value is -1.95. The highest BCUT2D eigenvalue weighted by molar-refractivity contribution is 7.15. The van der Waals surface area contributed by atoms with E-state index >= 15 is 0 Å². The van der Waals surface area contributed by atoms with Crippen LogP contribution in [0.1, 0.15) is 15.4 Å². The fraction of sp³-hybridized carbons (Fsp3) is 0.182. The third-order valence-electron chi connectivity index (χ3n) is 2.15. The van der Waals surface area contributed by atoms with Gasteiger partial charge in [-0.15, -0.1) is 11.3 Å². The number of aromatic nitrogens is 2. The van der Waals surface area contributed by atoms with E-state index in [1.54, 1.807) is 25.1 Å². The average Bonchev–Trinajstić information content (AvgIpc) is 2.71. The van der Waals surface area contributed by atoms with Crippen LogP contribution in [0.15, 0.2) is 18.2 Å². The Morgan fingerprint density at radius 1 is 1.41 bits per heavy atom. The standard InChI is InChI=1S/C11H10N2O3S/c1-6-9(11(14)15)13-10(17-6)7-4-3-5-8(12-7)16-2/h3-5H,1-2H3,(H,14,15). The van der Waals surface area contributed by atoms with Crippen LogP contribution < -0.4 is 4.74 Å². The van der Waals surface area contributed by atoms with Crippen molar-refractivity contribution in [2.75, 3.05) is 7.11 Å². The average molecular weight is 250 g/mol. The maximum absolute atomic E-state index is 10.9. The van der Waals surface area contributed by atoms with Crippen molar-refractivity contribution in [2.24, 2.45) is 0 Å². The van der Waals surface area contributed by atoms with Gasteiger partial charge in [-0.3, -0.25) is 0 Å². The summed E-state index contributed by atoms with van der Waals surface area (Å²) in [5.41, 5.74) is 0.694. The van der Waals surface area contributed by atoms with Gasteiger partial charge in [0, 0.05) is 10.9 Å². The van der Waals surface area contributed by atoms with Crippen molar-refractivity contribution in [3.63, 3.8) is 0 Å². The van der Waals surface area contributed by atoms with Gasteiger partial charge in [-0.25, -0.2) is 14.8 Å². The van der Waals surface area contributed by atoms with E-state index in [2.05, 4.69) is 9.97 Å². The van der Waals surface area contributed by atoms with Gasteiger partial charge in [0.2, 0.25) is 5.88 Å². The van der Waals surface area contributed by atoms with Gasteiger partial charge < -0.3 is 9.84 Å². The molecule has 0 amide bonds. The van der Waals surface area contributed by atoms with Crippen LogP contribution in [0.5, 0.6) is 5.88 Å². The topological polar surface area (TPSA) is 72.3 Å². The molecule has 0 fully saturated rings. The van der Waals surface area contributed by atoms with Crippen molar-refractivity contribution in [3.8, 4) is 16.6 Å². The number of carboxylic acid groups (broad SMARTS) is 1. The molecule has 0 radical (unpaired) electrons. The van der Waals surface area contributed by atoms with E-state index in [4.69, 9.17) is 9.84 Å². The Kier molecular flexibility index (Phi) is 3.06. The van der Waals surface area contributed by atoms with Crippen LogP contribution >= 0.6 is 11.3 Å². The van der Waals surface area contributed by atoms with Crippen molar-refractivity contribution in [1.29, 1.82) is 0 Å². The Morgan fingerprint density at radius 3 is 2.76 bits per heavy atom. The molecule has 2 heterocycles. The lowest BCUT2D eigenvalue weighted by Crippen LogP contribution is -1.98. The van der Waals surface area contributed by atoms with Crippen LogP contribution in [0.2, 0.25) is 0 Å². The SMILES string of the molecule is COc1cccc(-c2nc(C(=O)O)c(C)s2)n1. The van der Waals surface area contributed by atoms with Crippen LogP contribution in [0.3, 0.4) is 0 Å². The molecule has 1 N–H and O–H groups in total. The van der Waals surface area contributed by atoms with Crippen molar-refractivity contribution < 1.29 is 14.6 Å². The fourth-order valence-corrected chi connectivity index (χ4v) is 2.23. The smallest absolute Gasteiger partial charge is 0.355 e. The lowest BCUT2D eigenvalue weighted by molar-refractivity contribution is 0.0690. The first-order chi connectivity index (χ1) is 8.11. The van der Waals surface area contributed by atoms with Gasteiger partial charge in [-0.1, -0.05) is 6.07 Å². The van der Waals surface area contributed by atoms with E-state index < -0.39 is 5.97 Å². The highest BCUT2D eigenvalue weighted by Gasteiger charge is 2.15. The number of pyridine rings is 1. The van der Waals surface area contributed by atoms with Crippen molar-refractivity contribution in [3.05, 3.63) is 28.8 Å². The first-order valence-corrected chi connectivity index (χ1v) is 5.65. The molecule has 0 spiro atoms. The van der Waals surface area contributed by atoms with Gasteiger partial charge in [0.25, 0.3) is 0 Å². The first-order valence-electron chi connectivity index (χ1n) is 4.84. The van der Waals surface area contributed by atoms with Crippen LogP contribution in [-0.4, -0.2) is 28.2 Å². The summed E-state index contributed by atoms with van der Waals surface area (Å²) in [4.78, 5) is 19.8. The molecule has 0 aliphatic rings. The number of carbonyl (C=O) groups is 1. The van der Waals surface area contributed by atoms with E-state index in [1.807, 2.05) is 0 Å². The lowest BCUT2D eigenvalue weighted by Gasteiger charge is -1.99. The Labute approximate surface area is 102 Å². The number of aryl methyl sites for hydroxylation is 1. The van der Waals surface area contributed by atoms with Crippen molar-refractivity contribution in [1.82, 2.24) is 9.97 Å². The molecule has 2 aromatic heterocycles. The number of aromatic carboxylic acids is 1. The van der Waals surface area contributed by atoms with Gasteiger partial charge in [-0.2, -0.15) is 0 Å². The zero-order chi connectivity index (χ0) is 12.4. The minimum atomic E-state index is -1.02. The molecular formula is C11H10N2O3S. The maximum Gasteiger partial charge on any atom is 0.355 e. The normalized spacial score (nSPS) is 10.2. The molecule has 88 valence electrons. The Balaban J connectivity index is 2.46. The molecule has 0 aliphatic carbocycles. The summed E-state index contributed by atoms with van der Waals surface area (Å²) in [7, 11) is 1.53. The van der Waals surface area contributed by atoms with Gasteiger partial charge in [0.15, 0.2) is 5.69 Å². The monoisotopic (exact) mass is 250 g/mol. The molecule has 5 nitrogen and oxygen atoms in total. The zero-order valence-corrected chi connectivity index (χ0v) is 10.1. The van der Waals surface area contributed by atoms with Crippen LogP contribution in [0.4, 0.5) is 0 Å². The predicted molar refractivity (Wildman–Crippen MR) is 63.6 cm³/mol. The first kappa shape index (κ1) is 11.5. The van der Waals surface area contributed by atoms with Gasteiger partial charge in [-0.05, 0) is 13.0 Å². The zero-order valence-electron chi connectivity index (χ0n) is 9.30. The number of hydrogen-bond donors (Lipinski definition) is 1. The lowest BCUT2D eigenvalue weighted by atomic mass is 10.3. The summed E-state index contributed by atoms with van der Waals surface area (Å²) < 4.78 is 5.01. The number of methoxy groups -OCH3 is 1. The highest BCUT2D eigenvalue weighted by atomic mass is 32.1. The molecule has 0 bridgehead atoms. The second-order valence-corrected chi connectivity index (χ2v) is 4.50. The number of ether oxygens (including phenoxy) is 1. The van der Waals surface area contributed by atoms with E-state index in [0.717, 1.165) is 0 Å². The number of nitrogens with zero attached hydrogens (tertiary/aromatic N) is 2. The largest absolute Gasteiger partial charge is 0.481 e. The molecule has 0 saturated heterocycles. The minimum Gasteiger partial charge on any atom is -0.481 e. The summed E-state index contributed by atoms with van der Waals surface area (Å²) in [6.07, 6.45) is 0. The summed E-state index contributed by atoms with van der Waals surface area (Å²) in [5, 5.41) is 9.51. The van der Waals surface area contributed by atoms with E-state index in [9.17, 15) is 4.79 Å². The van der Waals surface area contributed by atoms with E-state index in [1.165, 1.54) is 18.4 Å². The summed E-state index contributed by atoms with van der Waals surface area (Å²) in [6.45, 7) is 1.73. The van der Waals surface area contributed by atoms with Gasteiger partial charge >= 0.3 is 5.97 Å². The molecule has 0 aromatic carbocycles. The van der Waals surface area contributed by atoms with Crippen LogP contribution in [0, 0.1) is 6.92 Å². The fourth-order valence-electron chi connectivity index (χ4n) is 1.35. The van der Waals surface area contributed by atoms with Gasteiger partial charge in [0.1, 0.15) is 10.7 Å². The second-order valence-electron chi connectivity index (χ2n) is 3.29. The molecule has 2 aromatic rings. The minimum absolute atomic E-state index is 0.0784. The number of thiazole rings is 1. The maximum atomic E-state index is 10.9. The van der Waals surface area contributed by atoms with E-state index in [0.29, 0.717) is 21.5 Å². The third kappa shape index (κ3) is 2.26. The molecule has 6 heteroatoms. The highest BCUT2D eigenvalue weighted by Crippen LogP contribution is 2.27. The number of rotatable bonds is 3. The summed E-state index contributed by atoms with van der Waals surface area (Å²) in [5.74, 6) is -0.542. The van der Waals surface area contributed by atoms with Crippen LogP contribution in [-0.2, 0) is 0 Å². The quantitative estimate of drug-likeness (QED) is 0.904. The molecular weight excluding hydrogens is 240 g/mol. The molecule has 0 atom stereocenters. The Bertz CT molecular complexity index is 566. The number of hydrogen-bond acceptors (Lipinski definition) is 5. The van der Waals surface area contributed by atoms with Crippen molar-refractivity contribution in [2.45, 2.75) is 6.92 Å². The van der Waals surface area contributed by atoms with E-state index in [-0.39, 0.29) is 5.69 Å². The molecule has 0 unspecified atom stereocenters. The Morgan fingerprint density at radius 2 is 2.18 bits per heavy atom. The third-order valence-corrected chi connectivity index (χ3v) is 3.14. The molecule has 17 heavy (non-hydrogen) atoms.